The topological polar surface area (TPSA) is 83.6 Å². The van der Waals surface area contributed by atoms with Crippen molar-refractivity contribution >= 4 is 16.9 Å². The molecule has 1 amide bonds. The van der Waals surface area contributed by atoms with E-state index in [2.05, 4.69) is 25.5 Å². The van der Waals surface area contributed by atoms with Crippen LogP contribution in [-0.2, 0) is 6.54 Å². The minimum absolute atomic E-state index is 0.166. The molecule has 0 aliphatic carbocycles. The monoisotopic (exact) mass is 329 g/mol. The molecule has 3 aromatic heterocycles. The first kappa shape index (κ1) is 15.0. The van der Waals surface area contributed by atoms with Gasteiger partial charge in [-0.2, -0.15) is 5.10 Å². The SMILES string of the molecule is O=C(NCc1ccccc1)c1ccnc2c(-c3ccncc3)n[nH]c12. The van der Waals surface area contributed by atoms with Crippen molar-refractivity contribution in [1.29, 1.82) is 0 Å². The molecule has 4 rings (SSSR count). The largest absolute Gasteiger partial charge is 0.348 e. The van der Waals surface area contributed by atoms with Crippen molar-refractivity contribution in [3.05, 3.63) is 78.2 Å². The Balaban J connectivity index is 1.64. The second kappa shape index (κ2) is 6.52. The number of benzene rings is 1. The van der Waals surface area contributed by atoms with Crippen LogP contribution in [0.25, 0.3) is 22.3 Å². The van der Waals surface area contributed by atoms with Gasteiger partial charge in [0.15, 0.2) is 0 Å². The summed E-state index contributed by atoms with van der Waals surface area (Å²) in [6, 6.07) is 15.2. The maximum atomic E-state index is 12.6. The van der Waals surface area contributed by atoms with Crippen LogP contribution in [0.3, 0.4) is 0 Å². The molecule has 122 valence electrons. The first-order valence-electron chi connectivity index (χ1n) is 7.88. The maximum absolute atomic E-state index is 12.6. The lowest BCUT2D eigenvalue weighted by molar-refractivity contribution is 0.0952. The normalized spacial score (nSPS) is 10.7. The summed E-state index contributed by atoms with van der Waals surface area (Å²) in [5.74, 6) is -0.166. The number of hydrogen-bond donors (Lipinski definition) is 2. The second-order valence-corrected chi connectivity index (χ2v) is 5.56. The van der Waals surface area contributed by atoms with E-state index in [9.17, 15) is 4.79 Å². The number of aromatic amines is 1. The molecule has 2 N–H and O–H groups in total. The van der Waals surface area contributed by atoms with Crippen LogP contribution in [0.2, 0.25) is 0 Å². The minimum Gasteiger partial charge on any atom is -0.348 e. The van der Waals surface area contributed by atoms with Crippen molar-refractivity contribution in [2.75, 3.05) is 0 Å². The van der Waals surface area contributed by atoms with Crippen LogP contribution in [0.5, 0.6) is 0 Å². The molecule has 0 aliphatic rings. The molecule has 4 aromatic rings. The predicted octanol–water partition coefficient (Wildman–Crippen LogP) is 2.95. The number of nitrogens with one attached hydrogen (secondary N) is 2. The first-order valence-corrected chi connectivity index (χ1v) is 7.88. The van der Waals surface area contributed by atoms with Crippen molar-refractivity contribution in [3.8, 4) is 11.3 Å². The van der Waals surface area contributed by atoms with Gasteiger partial charge in [-0.3, -0.25) is 19.9 Å². The Morgan fingerprint density at radius 1 is 1.00 bits per heavy atom. The molecular weight excluding hydrogens is 314 g/mol. The van der Waals surface area contributed by atoms with E-state index in [-0.39, 0.29) is 5.91 Å². The van der Waals surface area contributed by atoms with Gasteiger partial charge in [0, 0.05) is 30.7 Å². The molecule has 6 heteroatoms. The molecule has 25 heavy (non-hydrogen) atoms. The molecule has 0 atom stereocenters. The van der Waals surface area contributed by atoms with Gasteiger partial charge in [0.1, 0.15) is 11.2 Å². The summed E-state index contributed by atoms with van der Waals surface area (Å²) in [7, 11) is 0. The number of carbonyl (C=O) groups excluding carboxylic acids is 1. The fourth-order valence-electron chi connectivity index (χ4n) is 2.69. The molecule has 1 aromatic carbocycles. The lowest BCUT2D eigenvalue weighted by Crippen LogP contribution is -2.23. The van der Waals surface area contributed by atoms with Gasteiger partial charge in [-0.1, -0.05) is 30.3 Å². The number of pyridine rings is 2. The number of carbonyl (C=O) groups is 1. The third-order valence-corrected chi connectivity index (χ3v) is 3.95. The Morgan fingerprint density at radius 3 is 2.60 bits per heavy atom. The Morgan fingerprint density at radius 2 is 1.80 bits per heavy atom. The van der Waals surface area contributed by atoms with Gasteiger partial charge in [0.05, 0.1) is 11.1 Å². The fourth-order valence-corrected chi connectivity index (χ4v) is 2.69. The van der Waals surface area contributed by atoms with Crippen molar-refractivity contribution < 1.29 is 4.79 Å². The lowest BCUT2D eigenvalue weighted by atomic mass is 10.1. The average Bonchev–Trinajstić information content (AvgIpc) is 3.12. The average molecular weight is 329 g/mol. The third kappa shape index (κ3) is 2.97. The quantitative estimate of drug-likeness (QED) is 0.603. The number of rotatable bonds is 4. The second-order valence-electron chi connectivity index (χ2n) is 5.56. The van der Waals surface area contributed by atoms with E-state index in [4.69, 9.17) is 0 Å². The summed E-state index contributed by atoms with van der Waals surface area (Å²) in [5, 5.41) is 10.2. The molecule has 0 saturated carbocycles. The minimum atomic E-state index is -0.166. The van der Waals surface area contributed by atoms with Crippen LogP contribution in [0.1, 0.15) is 15.9 Å². The van der Waals surface area contributed by atoms with E-state index >= 15 is 0 Å². The molecule has 0 fully saturated rings. The molecule has 6 nitrogen and oxygen atoms in total. The number of aromatic nitrogens is 4. The van der Waals surface area contributed by atoms with E-state index in [0.29, 0.717) is 28.8 Å². The predicted molar refractivity (Wildman–Crippen MR) is 94.7 cm³/mol. The maximum Gasteiger partial charge on any atom is 0.253 e. The van der Waals surface area contributed by atoms with Gasteiger partial charge in [-0.25, -0.2) is 0 Å². The standard InChI is InChI=1S/C19H15N5O/c25-19(22-12-13-4-2-1-3-5-13)15-8-11-21-18-16(23-24-17(15)18)14-6-9-20-10-7-14/h1-11H,12H2,(H,22,25)(H,23,24). The van der Waals surface area contributed by atoms with E-state index in [0.717, 1.165) is 11.1 Å². The first-order chi connectivity index (χ1) is 12.3. The highest BCUT2D eigenvalue weighted by molar-refractivity contribution is 6.07. The van der Waals surface area contributed by atoms with E-state index < -0.39 is 0 Å². The molecule has 0 aliphatic heterocycles. The van der Waals surface area contributed by atoms with Crippen molar-refractivity contribution in [1.82, 2.24) is 25.5 Å². The van der Waals surface area contributed by atoms with Crippen LogP contribution in [0.15, 0.2) is 67.1 Å². The van der Waals surface area contributed by atoms with Gasteiger partial charge in [0.2, 0.25) is 0 Å². The molecule has 3 heterocycles. The summed E-state index contributed by atoms with van der Waals surface area (Å²) in [5.41, 5.74) is 4.46. The van der Waals surface area contributed by atoms with Crippen molar-refractivity contribution in [2.45, 2.75) is 6.54 Å². The van der Waals surface area contributed by atoms with E-state index in [1.54, 1.807) is 24.7 Å². The fraction of sp³-hybridized carbons (Fsp3) is 0.0526. The number of fused-ring (bicyclic) bond motifs is 1. The molecule has 0 spiro atoms. The third-order valence-electron chi connectivity index (χ3n) is 3.95. The smallest absolute Gasteiger partial charge is 0.253 e. The van der Waals surface area contributed by atoms with E-state index in [1.807, 2.05) is 42.5 Å². The van der Waals surface area contributed by atoms with Crippen LogP contribution < -0.4 is 5.32 Å². The van der Waals surface area contributed by atoms with E-state index in [1.165, 1.54) is 0 Å². The van der Waals surface area contributed by atoms with Crippen molar-refractivity contribution in [2.24, 2.45) is 0 Å². The van der Waals surface area contributed by atoms with Gasteiger partial charge in [-0.15, -0.1) is 0 Å². The Bertz CT molecular complexity index is 1010. The summed E-state index contributed by atoms with van der Waals surface area (Å²) in [6.07, 6.45) is 5.03. The highest BCUT2D eigenvalue weighted by Crippen LogP contribution is 2.25. The molecule has 0 saturated heterocycles. The number of H-pyrrole nitrogens is 1. The van der Waals surface area contributed by atoms with Crippen LogP contribution >= 0.6 is 0 Å². The highest BCUT2D eigenvalue weighted by atomic mass is 16.1. The zero-order chi connectivity index (χ0) is 17.1. The van der Waals surface area contributed by atoms with Gasteiger partial charge >= 0.3 is 0 Å². The van der Waals surface area contributed by atoms with Crippen molar-refractivity contribution in [3.63, 3.8) is 0 Å². The van der Waals surface area contributed by atoms with Gasteiger partial charge in [-0.05, 0) is 23.8 Å². The number of nitrogens with zero attached hydrogens (tertiary/aromatic N) is 3. The van der Waals surface area contributed by atoms with Gasteiger partial charge in [0.25, 0.3) is 5.91 Å². The lowest BCUT2D eigenvalue weighted by Gasteiger charge is -2.06. The zero-order valence-electron chi connectivity index (χ0n) is 13.3. The van der Waals surface area contributed by atoms with Crippen LogP contribution in [0.4, 0.5) is 0 Å². The summed E-state index contributed by atoms with van der Waals surface area (Å²) >= 11 is 0. The molecule has 0 radical (unpaired) electrons. The molecular formula is C19H15N5O. The zero-order valence-corrected chi connectivity index (χ0v) is 13.3. The Labute approximate surface area is 144 Å². The molecule has 0 unspecified atom stereocenters. The Kier molecular flexibility index (Phi) is 3.92. The Hall–Kier alpha value is -3.54. The van der Waals surface area contributed by atoms with Crippen LogP contribution in [-0.4, -0.2) is 26.1 Å². The summed E-state index contributed by atoms with van der Waals surface area (Å²) < 4.78 is 0. The highest BCUT2D eigenvalue weighted by Gasteiger charge is 2.16. The van der Waals surface area contributed by atoms with Gasteiger partial charge < -0.3 is 5.32 Å². The summed E-state index contributed by atoms with van der Waals surface area (Å²) in [6.45, 7) is 0.467. The number of hydrogen-bond acceptors (Lipinski definition) is 4. The number of amides is 1. The summed E-state index contributed by atoms with van der Waals surface area (Å²) in [4.78, 5) is 21.0. The molecule has 0 bridgehead atoms. The van der Waals surface area contributed by atoms with Crippen LogP contribution in [0, 0.1) is 0 Å².